The maximum absolute atomic E-state index is 8.86. The number of hydrogen-bond acceptors (Lipinski definition) is 3. The van der Waals surface area contributed by atoms with Crippen molar-refractivity contribution < 1.29 is 14.6 Å². The highest BCUT2D eigenvalue weighted by Gasteiger charge is 2.26. The number of rotatable bonds is 3. The van der Waals surface area contributed by atoms with Crippen molar-refractivity contribution in [1.82, 2.24) is 0 Å². The molecule has 0 spiro atoms. The third kappa shape index (κ3) is 3.09. The van der Waals surface area contributed by atoms with Crippen LogP contribution in [0.5, 0.6) is 11.5 Å². The third-order valence-corrected chi connectivity index (χ3v) is 3.20. The zero-order valence-electron chi connectivity index (χ0n) is 10.8. The van der Waals surface area contributed by atoms with Crippen molar-refractivity contribution in [2.45, 2.75) is 26.7 Å². The van der Waals surface area contributed by atoms with Gasteiger partial charge in [0.2, 0.25) is 0 Å². The van der Waals surface area contributed by atoms with Crippen molar-refractivity contribution in [3.63, 3.8) is 0 Å². The van der Waals surface area contributed by atoms with Crippen LogP contribution in [0, 0.1) is 5.41 Å². The van der Waals surface area contributed by atoms with E-state index < -0.39 is 0 Å². The predicted molar refractivity (Wildman–Crippen MR) is 71.6 cm³/mol. The topological polar surface area (TPSA) is 38.7 Å². The van der Waals surface area contributed by atoms with Gasteiger partial charge >= 0.3 is 0 Å². The zero-order chi connectivity index (χ0) is 13.2. The molecule has 0 atom stereocenters. The molecular formula is C14H19ClO3. The van der Waals surface area contributed by atoms with Gasteiger partial charge in [-0.3, -0.25) is 0 Å². The van der Waals surface area contributed by atoms with E-state index in [9.17, 15) is 0 Å². The number of aliphatic hydroxyl groups excluding tert-OH is 1. The molecule has 1 aliphatic heterocycles. The molecule has 0 saturated carbocycles. The van der Waals surface area contributed by atoms with E-state index in [1.54, 1.807) is 0 Å². The van der Waals surface area contributed by atoms with Crippen molar-refractivity contribution in [1.29, 1.82) is 0 Å². The normalized spacial score (nSPS) is 17.3. The van der Waals surface area contributed by atoms with Crippen molar-refractivity contribution in [3.8, 4) is 11.5 Å². The molecule has 1 aromatic carbocycles. The molecule has 4 heteroatoms. The second-order valence-electron chi connectivity index (χ2n) is 5.47. The fraction of sp³-hybridized carbons (Fsp3) is 0.571. The number of ether oxygens (including phenoxy) is 2. The third-order valence-electron chi connectivity index (χ3n) is 2.92. The Kier molecular flexibility index (Phi) is 4.03. The smallest absolute Gasteiger partial charge is 0.179 e. The average molecular weight is 271 g/mol. The summed E-state index contributed by atoms with van der Waals surface area (Å²) in [5, 5.41) is 9.44. The van der Waals surface area contributed by atoms with Gasteiger partial charge in [0, 0.05) is 12.0 Å². The summed E-state index contributed by atoms with van der Waals surface area (Å²) in [5.74, 6) is 1.34. The minimum absolute atomic E-state index is 0.0202. The Morgan fingerprint density at radius 2 is 2.00 bits per heavy atom. The molecule has 18 heavy (non-hydrogen) atoms. The van der Waals surface area contributed by atoms with Crippen LogP contribution >= 0.6 is 11.6 Å². The van der Waals surface area contributed by atoms with Crippen LogP contribution in [0.1, 0.15) is 25.8 Å². The van der Waals surface area contributed by atoms with Crippen LogP contribution in [0.2, 0.25) is 5.02 Å². The monoisotopic (exact) mass is 270 g/mol. The number of halogens is 1. The lowest BCUT2D eigenvalue weighted by Gasteiger charge is -2.19. The molecule has 0 unspecified atom stereocenters. The molecule has 1 N–H and O–H groups in total. The Balaban J connectivity index is 2.25. The van der Waals surface area contributed by atoms with Gasteiger partial charge in [0.1, 0.15) is 0 Å². The average Bonchev–Trinajstić information content (AvgIpc) is 2.46. The molecule has 0 radical (unpaired) electrons. The highest BCUT2D eigenvalue weighted by atomic mass is 35.5. The molecule has 0 amide bonds. The molecule has 2 rings (SSSR count). The van der Waals surface area contributed by atoms with Crippen LogP contribution in [0.15, 0.2) is 12.1 Å². The largest absolute Gasteiger partial charge is 0.489 e. The minimum atomic E-state index is -0.0202. The Bertz CT molecular complexity index is 429. The number of aliphatic hydroxyl groups is 1. The summed E-state index contributed by atoms with van der Waals surface area (Å²) >= 11 is 6.22. The van der Waals surface area contributed by atoms with E-state index in [1.807, 2.05) is 12.1 Å². The summed E-state index contributed by atoms with van der Waals surface area (Å²) in [6.45, 7) is 5.58. The molecule has 1 aromatic rings. The fourth-order valence-electron chi connectivity index (χ4n) is 1.88. The summed E-state index contributed by atoms with van der Waals surface area (Å²) < 4.78 is 11.5. The molecule has 1 aliphatic rings. The maximum atomic E-state index is 8.86. The summed E-state index contributed by atoms with van der Waals surface area (Å²) in [6, 6.07) is 3.84. The number of hydrogen-bond donors (Lipinski definition) is 1. The Morgan fingerprint density at radius 1 is 1.28 bits per heavy atom. The van der Waals surface area contributed by atoms with Crippen LogP contribution in [0.25, 0.3) is 0 Å². The first kappa shape index (κ1) is 13.5. The van der Waals surface area contributed by atoms with E-state index in [0.717, 1.165) is 18.4 Å². The first-order valence-corrected chi connectivity index (χ1v) is 6.58. The second-order valence-corrected chi connectivity index (χ2v) is 5.88. The number of aryl methyl sites for hydroxylation is 1. The Morgan fingerprint density at radius 3 is 2.72 bits per heavy atom. The minimum Gasteiger partial charge on any atom is -0.489 e. The van der Waals surface area contributed by atoms with E-state index in [1.165, 1.54) is 0 Å². The summed E-state index contributed by atoms with van der Waals surface area (Å²) in [7, 11) is 0. The molecule has 3 nitrogen and oxygen atoms in total. The van der Waals surface area contributed by atoms with Crippen LogP contribution in [-0.2, 0) is 6.42 Å². The first-order valence-electron chi connectivity index (χ1n) is 6.21. The quantitative estimate of drug-likeness (QED) is 0.917. The highest BCUT2D eigenvalue weighted by Crippen LogP contribution is 2.40. The fourth-order valence-corrected chi connectivity index (χ4v) is 2.17. The van der Waals surface area contributed by atoms with Crippen molar-refractivity contribution in [2.24, 2.45) is 5.41 Å². The van der Waals surface area contributed by atoms with Gasteiger partial charge in [-0.05, 0) is 30.5 Å². The van der Waals surface area contributed by atoms with E-state index in [0.29, 0.717) is 29.7 Å². The second kappa shape index (κ2) is 5.37. The maximum Gasteiger partial charge on any atom is 0.179 e. The van der Waals surface area contributed by atoms with Gasteiger partial charge in [0.15, 0.2) is 11.5 Å². The van der Waals surface area contributed by atoms with Gasteiger partial charge < -0.3 is 14.6 Å². The van der Waals surface area contributed by atoms with E-state index in [-0.39, 0.29) is 12.0 Å². The van der Waals surface area contributed by atoms with Crippen molar-refractivity contribution in [3.05, 3.63) is 22.7 Å². The summed E-state index contributed by atoms with van der Waals surface area (Å²) in [4.78, 5) is 0. The van der Waals surface area contributed by atoms with Gasteiger partial charge in [0.25, 0.3) is 0 Å². The van der Waals surface area contributed by atoms with Gasteiger partial charge in [-0.1, -0.05) is 25.4 Å². The molecule has 0 bridgehead atoms. The molecule has 1 heterocycles. The van der Waals surface area contributed by atoms with E-state index in [4.69, 9.17) is 26.2 Å². The van der Waals surface area contributed by atoms with Crippen LogP contribution < -0.4 is 9.47 Å². The number of fused-ring (bicyclic) bond motifs is 1. The van der Waals surface area contributed by atoms with Gasteiger partial charge in [-0.15, -0.1) is 0 Å². The van der Waals surface area contributed by atoms with E-state index in [2.05, 4.69) is 13.8 Å². The predicted octanol–water partition coefficient (Wildman–Crippen LogP) is 3.06. The van der Waals surface area contributed by atoms with Gasteiger partial charge in [-0.25, -0.2) is 0 Å². The molecule has 0 fully saturated rings. The lowest BCUT2D eigenvalue weighted by molar-refractivity contribution is 0.140. The highest BCUT2D eigenvalue weighted by molar-refractivity contribution is 6.32. The van der Waals surface area contributed by atoms with E-state index >= 15 is 0 Å². The summed E-state index contributed by atoms with van der Waals surface area (Å²) in [5.41, 5.74) is 1.05. The van der Waals surface area contributed by atoms with Gasteiger partial charge in [0.05, 0.1) is 18.2 Å². The molecule has 0 aromatic heterocycles. The van der Waals surface area contributed by atoms with Gasteiger partial charge in [-0.2, -0.15) is 0 Å². The lowest BCUT2D eigenvalue weighted by atomic mass is 9.97. The standard InChI is InChI=1S/C14H19ClO3/c1-14(2)8-17-12-7-10(4-3-5-16)6-11(15)13(12)18-9-14/h6-7,16H,3-5,8-9H2,1-2H3. The SMILES string of the molecule is CC1(C)COc2cc(CCCO)cc(Cl)c2OC1. The molecule has 100 valence electrons. The van der Waals surface area contributed by atoms with Crippen LogP contribution in [0.3, 0.4) is 0 Å². The molecule has 0 saturated heterocycles. The van der Waals surface area contributed by atoms with Crippen LogP contribution in [0.4, 0.5) is 0 Å². The lowest BCUT2D eigenvalue weighted by Crippen LogP contribution is -2.26. The van der Waals surface area contributed by atoms with Crippen LogP contribution in [-0.4, -0.2) is 24.9 Å². The van der Waals surface area contributed by atoms with Crippen molar-refractivity contribution in [2.75, 3.05) is 19.8 Å². The molecular weight excluding hydrogens is 252 g/mol. The summed E-state index contributed by atoms with van der Waals surface area (Å²) in [6.07, 6.45) is 1.51. The first-order chi connectivity index (χ1) is 8.52. The Hall–Kier alpha value is -0.930. The molecule has 0 aliphatic carbocycles. The Labute approximate surface area is 113 Å². The number of benzene rings is 1. The zero-order valence-corrected chi connectivity index (χ0v) is 11.6. The van der Waals surface area contributed by atoms with Crippen molar-refractivity contribution >= 4 is 11.6 Å².